The molecular weight excluding hydrogens is 362 g/mol. The minimum Gasteiger partial charge on any atom is -0.339 e. The summed E-state index contributed by atoms with van der Waals surface area (Å²) in [7, 11) is 0. The first-order chi connectivity index (χ1) is 13.5. The average Bonchev–Trinajstić information content (AvgIpc) is 3.01. The molecule has 0 spiro atoms. The lowest BCUT2D eigenvalue weighted by atomic mass is 9.98. The lowest BCUT2D eigenvalue weighted by Crippen LogP contribution is -2.00. The summed E-state index contributed by atoms with van der Waals surface area (Å²) in [6.45, 7) is 10.9. The van der Waals surface area contributed by atoms with Gasteiger partial charge in [0.2, 0.25) is 0 Å². The number of aryl methyl sites for hydroxylation is 3. The van der Waals surface area contributed by atoms with Gasteiger partial charge in [0.1, 0.15) is 17.0 Å². The lowest BCUT2D eigenvalue weighted by molar-refractivity contribution is 0.869. The molecule has 2 aromatic carbocycles. The van der Waals surface area contributed by atoms with E-state index in [-0.39, 0.29) is 0 Å². The number of benzene rings is 2. The number of hydrogen-bond acceptors (Lipinski definition) is 4. The van der Waals surface area contributed by atoms with Gasteiger partial charge >= 0.3 is 0 Å². The number of nitrogens with one attached hydrogen (secondary N) is 1. The Morgan fingerprint density at radius 3 is 2.46 bits per heavy atom. The zero-order chi connectivity index (χ0) is 19.8. The normalized spacial score (nSPS) is 11.4. The number of anilines is 2. The summed E-state index contributed by atoms with van der Waals surface area (Å²) in [6, 6.07) is 15.1. The van der Waals surface area contributed by atoms with E-state index in [1.807, 2.05) is 0 Å². The van der Waals surface area contributed by atoms with E-state index in [1.54, 1.807) is 17.7 Å². The zero-order valence-corrected chi connectivity index (χ0v) is 17.8. The van der Waals surface area contributed by atoms with Crippen LogP contribution in [0.3, 0.4) is 0 Å². The predicted molar refractivity (Wildman–Crippen MR) is 121 cm³/mol. The van der Waals surface area contributed by atoms with E-state index in [0.717, 1.165) is 21.7 Å². The van der Waals surface area contributed by atoms with Crippen molar-refractivity contribution in [2.24, 2.45) is 0 Å². The molecule has 0 aliphatic carbocycles. The van der Waals surface area contributed by atoms with Gasteiger partial charge in [0.05, 0.1) is 5.39 Å². The van der Waals surface area contributed by atoms with Crippen LogP contribution in [0.5, 0.6) is 0 Å². The van der Waals surface area contributed by atoms with E-state index in [1.165, 1.54) is 32.7 Å². The molecule has 0 bridgehead atoms. The molecule has 3 nitrogen and oxygen atoms in total. The maximum Gasteiger partial charge on any atom is 0.143 e. The smallest absolute Gasteiger partial charge is 0.143 e. The van der Waals surface area contributed by atoms with Crippen LogP contribution in [0.2, 0.25) is 0 Å². The third-order valence-corrected chi connectivity index (χ3v) is 6.31. The van der Waals surface area contributed by atoms with E-state index < -0.39 is 0 Å². The molecule has 2 aromatic heterocycles. The zero-order valence-electron chi connectivity index (χ0n) is 17.0. The van der Waals surface area contributed by atoms with Crippen molar-refractivity contribution in [1.82, 2.24) is 9.97 Å². The van der Waals surface area contributed by atoms with E-state index in [4.69, 9.17) is 0 Å². The number of fused-ring (bicyclic) bond motifs is 1. The Bertz CT molecular complexity index is 1160. The highest BCUT2D eigenvalue weighted by Crippen LogP contribution is 2.41. The molecule has 28 heavy (non-hydrogen) atoms. The van der Waals surface area contributed by atoms with Crippen LogP contribution in [-0.4, -0.2) is 9.97 Å². The van der Waals surface area contributed by atoms with E-state index in [0.29, 0.717) is 5.92 Å². The van der Waals surface area contributed by atoms with E-state index in [2.05, 4.69) is 92.4 Å². The number of rotatable bonds is 4. The second-order valence-electron chi connectivity index (χ2n) is 7.60. The van der Waals surface area contributed by atoms with Gasteiger partial charge in [-0.1, -0.05) is 50.2 Å². The number of thiophene rings is 1. The molecule has 0 saturated heterocycles. The van der Waals surface area contributed by atoms with Gasteiger partial charge in [-0.2, -0.15) is 0 Å². The third kappa shape index (κ3) is 3.29. The molecule has 4 heteroatoms. The van der Waals surface area contributed by atoms with Crippen LogP contribution in [-0.2, 0) is 0 Å². The highest BCUT2D eigenvalue weighted by molar-refractivity contribution is 7.19. The highest BCUT2D eigenvalue weighted by atomic mass is 32.1. The molecule has 0 saturated carbocycles. The topological polar surface area (TPSA) is 37.8 Å². The summed E-state index contributed by atoms with van der Waals surface area (Å²) in [6.07, 6.45) is 1.66. The summed E-state index contributed by atoms with van der Waals surface area (Å²) < 4.78 is 0. The molecule has 1 N–H and O–H groups in total. The molecule has 0 aliphatic rings. The first kappa shape index (κ1) is 18.6. The molecule has 4 aromatic rings. The van der Waals surface area contributed by atoms with Crippen molar-refractivity contribution < 1.29 is 0 Å². The first-order valence-corrected chi connectivity index (χ1v) is 10.4. The van der Waals surface area contributed by atoms with Crippen molar-refractivity contribution in [2.75, 3.05) is 5.32 Å². The van der Waals surface area contributed by atoms with Crippen LogP contribution >= 0.6 is 11.3 Å². The van der Waals surface area contributed by atoms with Gasteiger partial charge in [-0.3, -0.25) is 0 Å². The Kier molecular flexibility index (Phi) is 4.90. The molecule has 0 radical (unpaired) electrons. The summed E-state index contributed by atoms with van der Waals surface area (Å²) in [5.74, 6) is 1.31. The SMILES string of the molecule is Cc1ccc(-c2c(C)sc3ncnc(Nc4ccccc4C(C)C)c23)cc1C. The van der Waals surface area contributed by atoms with Crippen LogP contribution in [0.15, 0.2) is 48.8 Å². The van der Waals surface area contributed by atoms with Crippen molar-refractivity contribution in [3.8, 4) is 11.1 Å². The third-order valence-electron chi connectivity index (χ3n) is 5.30. The highest BCUT2D eigenvalue weighted by Gasteiger charge is 2.18. The number of aromatic nitrogens is 2. The standard InChI is InChI=1S/C24H25N3S/c1-14(2)19-8-6-7-9-20(19)27-23-22-21(17(5)28-24(22)26-13-25-23)18-11-10-15(3)16(4)12-18/h6-14H,1-5H3,(H,25,26,27). The van der Waals surface area contributed by atoms with Crippen LogP contribution in [0.4, 0.5) is 11.5 Å². The van der Waals surface area contributed by atoms with Crippen LogP contribution in [0.25, 0.3) is 21.3 Å². The fraction of sp³-hybridized carbons (Fsp3) is 0.250. The van der Waals surface area contributed by atoms with Crippen molar-refractivity contribution in [3.05, 3.63) is 70.4 Å². The molecule has 0 fully saturated rings. The Labute approximate surface area is 170 Å². The predicted octanol–water partition coefficient (Wildman–Crippen LogP) is 7.15. The molecule has 142 valence electrons. The Morgan fingerprint density at radius 1 is 0.929 bits per heavy atom. The lowest BCUT2D eigenvalue weighted by Gasteiger charge is -2.15. The molecule has 0 amide bonds. The number of nitrogens with zero attached hydrogens (tertiary/aromatic N) is 2. The van der Waals surface area contributed by atoms with E-state index in [9.17, 15) is 0 Å². The minimum absolute atomic E-state index is 0.435. The monoisotopic (exact) mass is 387 g/mol. The second kappa shape index (κ2) is 7.36. The molecule has 2 heterocycles. The van der Waals surface area contributed by atoms with Gasteiger partial charge < -0.3 is 5.32 Å². The van der Waals surface area contributed by atoms with Gasteiger partial charge in [-0.15, -0.1) is 11.3 Å². The first-order valence-electron chi connectivity index (χ1n) is 9.63. The van der Waals surface area contributed by atoms with Gasteiger partial charge in [0.25, 0.3) is 0 Å². The van der Waals surface area contributed by atoms with Gasteiger partial charge in [-0.05, 0) is 55.0 Å². The van der Waals surface area contributed by atoms with Gasteiger partial charge in [-0.25, -0.2) is 9.97 Å². The Hall–Kier alpha value is -2.72. The maximum atomic E-state index is 4.63. The molecule has 0 aliphatic heterocycles. The molecule has 0 atom stereocenters. The fourth-order valence-corrected chi connectivity index (χ4v) is 4.64. The van der Waals surface area contributed by atoms with Crippen molar-refractivity contribution in [2.45, 2.75) is 40.5 Å². The summed E-state index contributed by atoms with van der Waals surface area (Å²) in [5, 5.41) is 4.71. The molecular formula is C24H25N3S. The summed E-state index contributed by atoms with van der Waals surface area (Å²) in [5.41, 5.74) is 7.45. The Morgan fingerprint density at radius 2 is 1.71 bits per heavy atom. The van der Waals surface area contributed by atoms with Crippen molar-refractivity contribution in [3.63, 3.8) is 0 Å². The van der Waals surface area contributed by atoms with E-state index >= 15 is 0 Å². The number of para-hydroxylation sites is 1. The quantitative estimate of drug-likeness (QED) is 0.404. The van der Waals surface area contributed by atoms with Crippen LogP contribution in [0.1, 0.15) is 41.3 Å². The van der Waals surface area contributed by atoms with Crippen molar-refractivity contribution >= 4 is 33.1 Å². The average molecular weight is 388 g/mol. The van der Waals surface area contributed by atoms with Crippen LogP contribution < -0.4 is 5.32 Å². The van der Waals surface area contributed by atoms with Gasteiger partial charge in [0.15, 0.2) is 0 Å². The summed E-state index contributed by atoms with van der Waals surface area (Å²) in [4.78, 5) is 11.5. The Balaban J connectivity index is 1.90. The maximum absolute atomic E-state index is 4.63. The summed E-state index contributed by atoms with van der Waals surface area (Å²) >= 11 is 1.73. The van der Waals surface area contributed by atoms with Crippen molar-refractivity contribution in [1.29, 1.82) is 0 Å². The largest absolute Gasteiger partial charge is 0.339 e. The molecule has 4 rings (SSSR count). The van der Waals surface area contributed by atoms with Gasteiger partial charge in [0, 0.05) is 16.1 Å². The molecule has 0 unspecified atom stereocenters. The van der Waals surface area contributed by atoms with Crippen LogP contribution in [0, 0.1) is 20.8 Å². The fourth-order valence-electron chi connectivity index (χ4n) is 3.63. The number of hydrogen-bond donors (Lipinski definition) is 1. The second-order valence-corrected chi connectivity index (χ2v) is 8.80. The minimum atomic E-state index is 0.435.